The molecule has 9 heteroatoms. The molecule has 0 aromatic heterocycles. The van der Waals surface area contributed by atoms with E-state index in [9.17, 15) is 9.59 Å². The molecule has 0 N–H and O–H groups in total. The fourth-order valence-electron chi connectivity index (χ4n) is 2.79. The largest absolute Gasteiger partial charge is 0.493 e. The Morgan fingerprint density at radius 2 is 1.66 bits per heavy atom. The lowest BCUT2D eigenvalue weighted by Crippen LogP contribution is -2.27. The van der Waals surface area contributed by atoms with Gasteiger partial charge in [-0.05, 0) is 53.2 Å². The Morgan fingerprint density at radius 1 is 1.00 bits per heavy atom. The van der Waals surface area contributed by atoms with Gasteiger partial charge in [-0.25, -0.2) is 0 Å². The smallest absolute Gasteiger partial charge is 0.293 e. The molecule has 1 aliphatic rings. The van der Waals surface area contributed by atoms with Gasteiger partial charge in [0.1, 0.15) is 0 Å². The molecule has 6 nitrogen and oxygen atoms in total. The molecule has 3 rings (SSSR count). The van der Waals surface area contributed by atoms with Gasteiger partial charge in [0, 0.05) is 10.0 Å². The quantitative estimate of drug-likeness (QED) is 0.556. The molecule has 0 radical (unpaired) electrons. The van der Waals surface area contributed by atoms with Crippen molar-refractivity contribution < 1.29 is 23.8 Å². The average Bonchev–Trinajstić information content (AvgIpc) is 2.96. The van der Waals surface area contributed by atoms with Crippen LogP contribution in [0.3, 0.4) is 0 Å². The summed E-state index contributed by atoms with van der Waals surface area (Å²) >= 11 is 12.9. The Morgan fingerprint density at radius 3 is 2.21 bits per heavy atom. The van der Waals surface area contributed by atoms with Gasteiger partial charge in [0.15, 0.2) is 11.5 Å². The summed E-state index contributed by atoms with van der Waals surface area (Å²) in [4.78, 5) is 26.6. The minimum atomic E-state index is -0.403. The van der Waals surface area contributed by atoms with Crippen LogP contribution in [-0.4, -0.2) is 37.4 Å². The van der Waals surface area contributed by atoms with Gasteiger partial charge in [0.05, 0.1) is 32.8 Å². The van der Waals surface area contributed by atoms with Gasteiger partial charge in [-0.1, -0.05) is 29.3 Å². The minimum Gasteiger partial charge on any atom is -0.493 e. The number of thioether (sulfide) groups is 1. The third-order valence-electron chi connectivity index (χ3n) is 4.20. The van der Waals surface area contributed by atoms with Gasteiger partial charge in [-0.2, -0.15) is 0 Å². The Bertz CT molecular complexity index is 983. The van der Waals surface area contributed by atoms with E-state index in [0.717, 1.165) is 16.7 Å². The van der Waals surface area contributed by atoms with Crippen molar-refractivity contribution in [2.45, 2.75) is 6.54 Å². The maximum Gasteiger partial charge on any atom is 0.293 e. The van der Waals surface area contributed by atoms with Crippen molar-refractivity contribution in [2.75, 3.05) is 21.3 Å². The number of carbonyl (C=O) groups excluding carboxylic acids is 2. The molecule has 1 saturated heterocycles. The Labute approximate surface area is 182 Å². The molecular formula is C20H17Cl2NO5S. The average molecular weight is 454 g/mol. The molecule has 2 aromatic rings. The number of carbonyl (C=O) groups is 2. The van der Waals surface area contributed by atoms with E-state index in [-0.39, 0.29) is 16.7 Å². The van der Waals surface area contributed by atoms with Crippen molar-refractivity contribution in [1.82, 2.24) is 4.90 Å². The molecule has 0 spiro atoms. The lowest BCUT2D eigenvalue weighted by Gasteiger charge is -2.14. The van der Waals surface area contributed by atoms with Crippen LogP contribution in [0.2, 0.25) is 10.0 Å². The van der Waals surface area contributed by atoms with Gasteiger partial charge < -0.3 is 14.2 Å². The highest BCUT2D eigenvalue weighted by Gasteiger charge is 2.35. The summed E-state index contributed by atoms with van der Waals surface area (Å²) in [6.45, 7) is 0.0628. The summed E-state index contributed by atoms with van der Waals surface area (Å²) in [5, 5.41) is 0.500. The lowest BCUT2D eigenvalue weighted by molar-refractivity contribution is -0.123. The van der Waals surface area contributed by atoms with Crippen LogP contribution in [-0.2, 0) is 11.3 Å². The number of imide groups is 1. The second-order valence-electron chi connectivity index (χ2n) is 5.96. The van der Waals surface area contributed by atoms with Gasteiger partial charge >= 0.3 is 0 Å². The number of benzene rings is 2. The lowest BCUT2D eigenvalue weighted by atomic mass is 10.1. The molecule has 2 amide bonds. The van der Waals surface area contributed by atoms with E-state index in [4.69, 9.17) is 37.4 Å². The SMILES string of the molecule is COc1cc(/C=C2\SC(=O)N(Cc3ccc(Cl)cc3Cl)C2=O)cc(OC)c1OC. The van der Waals surface area contributed by atoms with Crippen LogP contribution >= 0.6 is 35.0 Å². The molecular weight excluding hydrogens is 437 g/mol. The number of nitrogens with zero attached hydrogens (tertiary/aromatic N) is 1. The Kier molecular flexibility index (Phi) is 6.62. The number of halogens is 2. The van der Waals surface area contributed by atoms with Crippen LogP contribution in [0.5, 0.6) is 17.2 Å². The standard InChI is InChI=1S/C20H17Cl2NO5S/c1-26-15-6-11(7-16(27-2)18(15)28-3)8-17-19(24)23(20(25)29-17)10-12-4-5-13(21)9-14(12)22/h4-9H,10H2,1-3H3/b17-8-. The van der Waals surface area contributed by atoms with Crippen LogP contribution in [0.25, 0.3) is 6.08 Å². The topological polar surface area (TPSA) is 65.1 Å². The first-order valence-electron chi connectivity index (χ1n) is 8.37. The van der Waals surface area contributed by atoms with Crippen molar-refractivity contribution >= 4 is 52.2 Å². The molecule has 1 fully saturated rings. The van der Waals surface area contributed by atoms with Crippen molar-refractivity contribution in [1.29, 1.82) is 0 Å². The van der Waals surface area contributed by atoms with Crippen molar-refractivity contribution in [2.24, 2.45) is 0 Å². The highest BCUT2D eigenvalue weighted by atomic mass is 35.5. The van der Waals surface area contributed by atoms with Crippen molar-refractivity contribution in [3.8, 4) is 17.2 Å². The summed E-state index contributed by atoms with van der Waals surface area (Å²) in [6, 6.07) is 8.32. The maximum absolute atomic E-state index is 12.8. The molecule has 0 bridgehead atoms. The normalized spacial score (nSPS) is 15.2. The second kappa shape index (κ2) is 8.98. The predicted octanol–water partition coefficient (Wildman–Crippen LogP) is 5.26. The molecule has 1 aliphatic heterocycles. The number of hydrogen-bond acceptors (Lipinski definition) is 6. The fraction of sp³-hybridized carbons (Fsp3) is 0.200. The van der Waals surface area contributed by atoms with E-state index in [1.165, 1.54) is 21.3 Å². The first-order valence-corrected chi connectivity index (χ1v) is 9.94. The van der Waals surface area contributed by atoms with E-state index < -0.39 is 5.91 Å². The van der Waals surface area contributed by atoms with Crippen LogP contribution in [0.15, 0.2) is 35.2 Å². The maximum atomic E-state index is 12.8. The van der Waals surface area contributed by atoms with Crippen molar-refractivity contribution in [3.05, 3.63) is 56.4 Å². The van der Waals surface area contributed by atoms with E-state index >= 15 is 0 Å². The van der Waals surface area contributed by atoms with E-state index in [1.54, 1.807) is 36.4 Å². The zero-order valence-corrected chi connectivity index (χ0v) is 18.2. The van der Waals surface area contributed by atoms with Crippen LogP contribution in [0, 0.1) is 0 Å². The summed E-state index contributed by atoms with van der Waals surface area (Å²) < 4.78 is 15.9. The van der Waals surface area contributed by atoms with E-state index in [2.05, 4.69) is 0 Å². The molecule has 0 atom stereocenters. The highest BCUT2D eigenvalue weighted by molar-refractivity contribution is 8.18. The minimum absolute atomic E-state index is 0.0628. The molecule has 2 aromatic carbocycles. The first kappa shape index (κ1) is 21.4. The molecule has 152 valence electrons. The molecule has 0 aliphatic carbocycles. The monoisotopic (exact) mass is 453 g/mol. The van der Waals surface area contributed by atoms with Crippen LogP contribution in [0.4, 0.5) is 4.79 Å². The fourth-order valence-corrected chi connectivity index (χ4v) is 4.10. The Hall–Kier alpha value is -2.35. The summed E-state index contributed by atoms with van der Waals surface area (Å²) in [5.41, 5.74) is 1.27. The second-order valence-corrected chi connectivity index (χ2v) is 7.80. The van der Waals surface area contributed by atoms with Crippen LogP contribution < -0.4 is 14.2 Å². The number of methoxy groups -OCH3 is 3. The molecule has 0 unspecified atom stereocenters. The van der Waals surface area contributed by atoms with Crippen LogP contribution in [0.1, 0.15) is 11.1 Å². The number of amides is 2. The Balaban J connectivity index is 1.90. The molecule has 29 heavy (non-hydrogen) atoms. The third kappa shape index (κ3) is 4.47. The zero-order chi connectivity index (χ0) is 21.1. The summed E-state index contributed by atoms with van der Waals surface area (Å²) in [5.74, 6) is 0.938. The zero-order valence-electron chi connectivity index (χ0n) is 15.8. The van der Waals surface area contributed by atoms with Gasteiger partial charge in [-0.3, -0.25) is 14.5 Å². The van der Waals surface area contributed by atoms with Crippen molar-refractivity contribution in [3.63, 3.8) is 0 Å². The number of ether oxygens (including phenoxy) is 3. The number of hydrogen-bond donors (Lipinski definition) is 0. The third-order valence-corrected chi connectivity index (χ3v) is 5.70. The highest BCUT2D eigenvalue weighted by Crippen LogP contribution is 2.40. The van der Waals surface area contributed by atoms with E-state index in [1.807, 2.05) is 0 Å². The molecule has 1 heterocycles. The number of rotatable bonds is 6. The summed E-state index contributed by atoms with van der Waals surface area (Å²) in [7, 11) is 4.52. The van der Waals surface area contributed by atoms with E-state index in [0.29, 0.717) is 38.4 Å². The summed E-state index contributed by atoms with van der Waals surface area (Å²) in [6.07, 6.45) is 1.61. The van der Waals surface area contributed by atoms with Gasteiger partial charge in [-0.15, -0.1) is 0 Å². The first-order chi connectivity index (χ1) is 13.9. The predicted molar refractivity (Wildman–Crippen MR) is 114 cm³/mol. The van der Waals surface area contributed by atoms with Gasteiger partial charge in [0.2, 0.25) is 5.75 Å². The van der Waals surface area contributed by atoms with Gasteiger partial charge in [0.25, 0.3) is 11.1 Å². The molecule has 0 saturated carbocycles.